The summed E-state index contributed by atoms with van der Waals surface area (Å²) in [5.41, 5.74) is 0.692. The molecule has 0 heterocycles. The molecule has 3 nitrogen and oxygen atoms in total. The average molecular weight is 207 g/mol. The molecule has 0 spiro atoms. The van der Waals surface area contributed by atoms with Crippen molar-refractivity contribution in [2.24, 2.45) is 0 Å². The Hall–Kier alpha value is -1.35. The topological polar surface area (TPSA) is 29.5 Å². The molecule has 0 radical (unpaired) electrons. The molecule has 0 N–H and O–H groups in total. The number of Topliss-reactive ketones (excluding diaryl/α,β-unsaturated/α-hetero) is 1. The van der Waals surface area contributed by atoms with Crippen LogP contribution in [0, 0.1) is 0 Å². The summed E-state index contributed by atoms with van der Waals surface area (Å²) in [5, 5.41) is 0. The number of nitrogens with zero attached hydrogens (tertiary/aromatic N) is 1. The highest BCUT2D eigenvalue weighted by molar-refractivity contribution is 5.94. The van der Waals surface area contributed by atoms with E-state index in [1.807, 2.05) is 26.2 Å². The Morgan fingerprint density at radius 2 is 2.13 bits per heavy atom. The molecule has 0 aliphatic rings. The van der Waals surface area contributed by atoms with E-state index in [2.05, 4.69) is 4.90 Å². The van der Waals surface area contributed by atoms with Crippen LogP contribution in [0.5, 0.6) is 5.75 Å². The first kappa shape index (κ1) is 11.7. The highest BCUT2D eigenvalue weighted by atomic mass is 16.5. The molecule has 1 rings (SSSR count). The van der Waals surface area contributed by atoms with Gasteiger partial charge in [-0.2, -0.15) is 0 Å². The van der Waals surface area contributed by atoms with Crippen molar-refractivity contribution in [3.8, 4) is 5.75 Å². The van der Waals surface area contributed by atoms with Gasteiger partial charge in [-0.3, -0.25) is 4.79 Å². The SMILES string of the molecule is CC(=O)c1cccc(OCCN(C)C)c1. The number of ether oxygens (including phenoxy) is 1. The number of hydrogen-bond acceptors (Lipinski definition) is 3. The minimum absolute atomic E-state index is 0.0630. The van der Waals surface area contributed by atoms with Gasteiger partial charge in [0.05, 0.1) is 0 Å². The van der Waals surface area contributed by atoms with E-state index in [9.17, 15) is 4.79 Å². The van der Waals surface area contributed by atoms with Crippen LogP contribution in [-0.2, 0) is 0 Å². The molecular weight excluding hydrogens is 190 g/mol. The van der Waals surface area contributed by atoms with Crippen molar-refractivity contribution >= 4 is 5.78 Å². The fourth-order valence-electron chi connectivity index (χ4n) is 1.15. The molecule has 0 amide bonds. The third-order valence-corrected chi connectivity index (χ3v) is 2.05. The first-order valence-corrected chi connectivity index (χ1v) is 4.98. The Morgan fingerprint density at radius 3 is 2.73 bits per heavy atom. The van der Waals surface area contributed by atoms with Crippen LogP contribution in [0.4, 0.5) is 0 Å². The number of hydrogen-bond donors (Lipinski definition) is 0. The smallest absolute Gasteiger partial charge is 0.159 e. The number of carbonyl (C=O) groups excluding carboxylic acids is 1. The molecule has 82 valence electrons. The Kier molecular flexibility index (Phi) is 4.31. The molecule has 0 aromatic heterocycles. The maximum Gasteiger partial charge on any atom is 0.159 e. The fourth-order valence-corrected chi connectivity index (χ4v) is 1.15. The molecule has 0 saturated heterocycles. The second kappa shape index (κ2) is 5.51. The zero-order chi connectivity index (χ0) is 11.3. The third kappa shape index (κ3) is 4.13. The Balaban J connectivity index is 2.54. The summed E-state index contributed by atoms with van der Waals surface area (Å²) in [5.74, 6) is 0.817. The minimum Gasteiger partial charge on any atom is -0.492 e. The standard InChI is InChI=1S/C12H17NO2/c1-10(14)11-5-4-6-12(9-11)15-8-7-13(2)3/h4-6,9H,7-8H2,1-3H3. The number of rotatable bonds is 5. The van der Waals surface area contributed by atoms with Crippen molar-refractivity contribution in [2.75, 3.05) is 27.2 Å². The predicted molar refractivity (Wildman–Crippen MR) is 60.5 cm³/mol. The molecular formula is C12H17NO2. The highest BCUT2D eigenvalue weighted by Crippen LogP contribution is 2.13. The lowest BCUT2D eigenvalue weighted by Crippen LogP contribution is -2.19. The molecule has 0 saturated carbocycles. The van der Waals surface area contributed by atoms with Gasteiger partial charge in [0.2, 0.25) is 0 Å². The largest absolute Gasteiger partial charge is 0.492 e. The number of likely N-dealkylation sites (N-methyl/N-ethyl adjacent to an activating group) is 1. The van der Waals surface area contributed by atoms with Crippen LogP contribution in [0.25, 0.3) is 0 Å². The van der Waals surface area contributed by atoms with E-state index in [4.69, 9.17) is 4.74 Å². The summed E-state index contributed by atoms with van der Waals surface area (Å²) in [7, 11) is 3.99. The van der Waals surface area contributed by atoms with Gasteiger partial charge in [0.25, 0.3) is 0 Å². The van der Waals surface area contributed by atoms with Gasteiger partial charge in [-0.15, -0.1) is 0 Å². The molecule has 0 fully saturated rings. The van der Waals surface area contributed by atoms with Crippen LogP contribution in [0.3, 0.4) is 0 Å². The van der Waals surface area contributed by atoms with E-state index in [0.29, 0.717) is 12.2 Å². The van der Waals surface area contributed by atoms with E-state index >= 15 is 0 Å². The van der Waals surface area contributed by atoms with Crippen molar-refractivity contribution in [2.45, 2.75) is 6.92 Å². The molecule has 15 heavy (non-hydrogen) atoms. The zero-order valence-electron chi connectivity index (χ0n) is 9.49. The van der Waals surface area contributed by atoms with Gasteiger partial charge in [-0.1, -0.05) is 12.1 Å². The second-order valence-electron chi connectivity index (χ2n) is 3.74. The number of ketones is 1. The molecule has 0 bridgehead atoms. The lowest BCUT2D eigenvalue weighted by molar-refractivity contribution is 0.101. The maximum atomic E-state index is 11.1. The van der Waals surface area contributed by atoms with E-state index in [-0.39, 0.29) is 5.78 Å². The van der Waals surface area contributed by atoms with Gasteiger partial charge in [-0.05, 0) is 33.2 Å². The Bertz CT molecular complexity index is 334. The lowest BCUT2D eigenvalue weighted by Gasteiger charge is -2.11. The van der Waals surface area contributed by atoms with Crippen LogP contribution in [0.2, 0.25) is 0 Å². The fraction of sp³-hybridized carbons (Fsp3) is 0.417. The minimum atomic E-state index is 0.0630. The molecule has 0 aliphatic heterocycles. The van der Waals surface area contributed by atoms with Crippen LogP contribution in [-0.4, -0.2) is 37.9 Å². The van der Waals surface area contributed by atoms with Crippen molar-refractivity contribution in [3.05, 3.63) is 29.8 Å². The van der Waals surface area contributed by atoms with Gasteiger partial charge in [0.1, 0.15) is 12.4 Å². The van der Waals surface area contributed by atoms with Crippen molar-refractivity contribution in [1.29, 1.82) is 0 Å². The van der Waals surface area contributed by atoms with Gasteiger partial charge in [0.15, 0.2) is 5.78 Å². The maximum absolute atomic E-state index is 11.1. The number of benzene rings is 1. The molecule has 0 aliphatic carbocycles. The molecule has 0 atom stereocenters. The lowest BCUT2D eigenvalue weighted by atomic mass is 10.1. The first-order chi connectivity index (χ1) is 7.09. The van der Waals surface area contributed by atoms with E-state index in [1.165, 1.54) is 0 Å². The average Bonchev–Trinajstić information content (AvgIpc) is 2.17. The summed E-state index contributed by atoms with van der Waals surface area (Å²) < 4.78 is 5.51. The number of carbonyl (C=O) groups is 1. The van der Waals surface area contributed by atoms with Crippen LogP contribution < -0.4 is 4.74 Å². The monoisotopic (exact) mass is 207 g/mol. The van der Waals surface area contributed by atoms with Crippen LogP contribution >= 0.6 is 0 Å². The summed E-state index contributed by atoms with van der Waals surface area (Å²) in [6, 6.07) is 7.27. The van der Waals surface area contributed by atoms with Crippen LogP contribution in [0.15, 0.2) is 24.3 Å². The van der Waals surface area contributed by atoms with Gasteiger partial charge < -0.3 is 9.64 Å². The van der Waals surface area contributed by atoms with Crippen LogP contribution in [0.1, 0.15) is 17.3 Å². The van der Waals surface area contributed by atoms with Crippen molar-refractivity contribution in [1.82, 2.24) is 4.90 Å². The molecule has 1 aromatic rings. The van der Waals surface area contributed by atoms with Gasteiger partial charge in [-0.25, -0.2) is 0 Å². The van der Waals surface area contributed by atoms with Gasteiger partial charge >= 0.3 is 0 Å². The Labute approximate surface area is 90.7 Å². The van der Waals surface area contributed by atoms with E-state index < -0.39 is 0 Å². The van der Waals surface area contributed by atoms with E-state index in [0.717, 1.165) is 12.3 Å². The second-order valence-corrected chi connectivity index (χ2v) is 3.74. The molecule has 1 aromatic carbocycles. The summed E-state index contributed by atoms with van der Waals surface area (Å²) in [4.78, 5) is 13.2. The zero-order valence-corrected chi connectivity index (χ0v) is 9.49. The summed E-state index contributed by atoms with van der Waals surface area (Å²) in [6.07, 6.45) is 0. The molecule has 0 unspecified atom stereocenters. The molecule has 3 heteroatoms. The van der Waals surface area contributed by atoms with Gasteiger partial charge in [0, 0.05) is 12.1 Å². The quantitative estimate of drug-likeness (QED) is 0.690. The van der Waals surface area contributed by atoms with Crippen molar-refractivity contribution in [3.63, 3.8) is 0 Å². The van der Waals surface area contributed by atoms with E-state index in [1.54, 1.807) is 19.1 Å². The summed E-state index contributed by atoms with van der Waals surface area (Å²) >= 11 is 0. The Morgan fingerprint density at radius 1 is 1.40 bits per heavy atom. The van der Waals surface area contributed by atoms with Crippen molar-refractivity contribution < 1.29 is 9.53 Å². The predicted octanol–water partition coefficient (Wildman–Crippen LogP) is 1.83. The normalized spacial score (nSPS) is 10.4. The highest BCUT2D eigenvalue weighted by Gasteiger charge is 2.00. The summed E-state index contributed by atoms with van der Waals surface area (Å²) in [6.45, 7) is 3.05. The third-order valence-electron chi connectivity index (χ3n) is 2.05. The first-order valence-electron chi connectivity index (χ1n) is 4.98.